The number of fused-ring (bicyclic) bond motifs is 4. The number of anilines is 1. The van der Waals surface area contributed by atoms with Crippen LogP contribution in [0.25, 0.3) is 27.7 Å². The number of aryl methyl sites for hydroxylation is 1. The fraction of sp³-hybridized carbons (Fsp3) is 0.273. The molecule has 0 saturated heterocycles. The lowest BCUT2D eigenvalue weighted by atomic mass is 9.95. The van der Waals surface area contributed by atoms with Gasteiger partial charge in [0, 0.05) is 11.5 Å². The molecule has 13 heteroatoms. The van der Waals surface area contributed by atoms with Gasteiger partial charge in [0.1, 0.15) is 23.0 Å². The first-order chi connectivity index (χ1) is 16.1. The predicted molar refractivity (Wildman–Crippen MR) is 119 cm³/mol. The highest BCUT2D eigenvalue weighted by atomic mass is 32.2. The van der Waals surface area contributed by atoms with Gasteiger partial charge < -0.3 is 5.32 Å². The molecule has 3 heterocycles. The molecule has 7 nitrogen and oxygen atoms in total. The average Bonchev–Trinajstić information content (AvgIpc) is 3.29. The number of nitrogens with zero attached hydrogens (tertiary/aromatic N) is 4. The molecular formula is C22H18F5N5O2S. The van der Waals surface area contributed by atoms with Crippen LogP contribution in [0.1, 0.15) is 31.2 Å². The van der Waals surface area contributed by atoms with E-state index in [1.54, 1.807) is 20.8 Å². The number of rotatable bonds is 2. The number of halogens is 5. The van der Waals surface area contributed by atoms with Crippen molar-refractivity contribution in [2.75, 3.05) is 11.6 Å². The Bertz CT molecular complexity index is 1650. The predicted octanol–water partition coefficient (Wildman–Crippen LogP) is 4.96. The van der Waals surface area contributed by atoms with E-state index < -0.39 is 44.6 Å². The summed E-state index contributed by atoms with van der Waals surface area (Å²) in [5.74, 6) is -1.40. The molecule has 35 heavy (non-hydrogen) atoms. The third-order valence-electron chi connectivity index (χ3n) is 5.94. The molecule has 0 spiro atoms. The summed E-state index contributed by atoms with van der Waals surface area (Å²) in [7, 11) is -4.41. The zero-order valence-corrected chi connectivity index (χ0v) is 19.6. The minimum Gasteiger partial charge on any atom is -0.371 e. The summed E-state index contributed by atoms with van der Waals surface area (Å²) in [6.45, 7) is 5.10. The van der Waals surface area contributed by atoms with E-state index in [0.717, 1.165) is 12.1 Å². The van der Waals surface area contributed by atoms with Gasteiger partial charge in [-0.15, -0.1) is 10.2 Å². The molecule has 1 aliphatic rings. The number of alkyl halides is 3. The van der Waals surface area contributed by atoms with Crippen molar-refractivity contribution in [3.05, 3.63) is 59.3 Å². The maximum Gasteiger partial charge on any atom is 0.432 e. The van der Waals surface area contributed by atoms with Crippen LogP contribution in [0.2, 0.25) is 0 Å². The summed E-state index contributed by atoms with van der Waals surface area (Å²) in [6.07, 6.45) is -4.41. The van der Waals surface area contributed by atoms with E-state index in [1.165, 1.54) is 16.7 Å². The van der Waals surface area contributed by atoms with E-state index in [9.17, 15) is 21.6 Å². The first kappa shape index (κ1) is 23.3. The smallest absolute Gasteiger partial charge is 0.371 e. The lowest BCUT2D eigenvalue weighted by Gasteiger charge is -2.34. The summed E-state index contributed by atoms with van der Waals surface area (Å²) in [5.41, 5.74) is -3.45. The van der Waals surface area contributed by atoms with Crippen LogP contribution in [-0.4, -0.2) is 33.4 Å². The molecule has 0 atom stereocenters. The Balaban J connectivity index is 1.88. The molecule has 0 amide bonds. The first-order valence-corrected chi connectivity index (χ1v) is 12.1. The molecule has 0 unspecified atom stereocenters. The molecular weight excluding hydrogens is 493 g/mol. The minimum absolute atomic E-state index is 0.0891. The van der Waals surface area contributed by atoms with Crippen molar-refractivity contribution in [3.63, 3.8) is 0 Å². The topological polar surface area (TPSA) is 81.8 Å². The molecule has 0 bridgehead atoms. The largest absolute Gasteiger partial charge is 0.432 e. The Morgan fingerprint density at radius 1 is 1.09 bits per heavy atom. The van der Waals surface area contributed by atoms with Crippen LogP contribution < -0.4 is 5.32 Å². The van der Waals surface area contributed by atoms with Crippen molar-refractivity contribution >= 4 is 26.6 Å². The van der Waals surface area contributed by atoms with Crippen LogP contribution in [0.15, 0.2) is 30.3 Å². The van der Waals surface area contributed by atoms with Gasteiger partial charge in [-0.05, 0) is 38.5 Å². The van der Waals surface area contributed by atoms with Gasteiger partial charge in [-0.25, -0.2) is 21.2 Å². The Labute approximate surface area is 196 Å². The maximum absolute atomic E-state index is 16.1. The molecule has 4 aromatic rings. The molecule has 2 aromatic carbocycles. The fourth-order valence-electron chi connectivity index (χ4n) is 4.58. The molecule has 184 valence electrons. The Morgan fingerprint density at radius 2 is 1.77 bits per heavy atom. The van der Waals surface area contributed by atoms with E-state index in [-0.39, 0.29) is 31.8 Å². The second-order valence-electron chi connectivity index (χ2n) is 8.89. The molecule has 2 aromatic heterocycles. The van der Waals surface area contributed by atoms with Crippen LogP contribution in [0, 0.1) is 18.6 Å². The van der Waals surface area contributed by atoms with Crippen LogP contribution in [-0.2, 0) is 21.7 Å². The quantitative estimate of drug-likeness (QED) is 0.385. The minimum atomic E-state index is -5.03. The van der Waals surface area contributed by atoms with Crippen molar-refractivity contribution in [2.24, 2.45) is 0 Å². The lowest BCUT2D eigenvalue weighted by Crippen LogP contribution is -2.36. The summed E-state index contributed by atoms with van der Waals surface area (Å²) in [6, 6.07) is 5.27. The van der Waals surface area contributed by atoms with Crippen molar-refractivity contribution in [3.8, 4) is 16.8 Å². The van der Waals surface area contributed by atoms with Gasteiger partial charge in [-0.1, -0.05) is 12.1 Å². The van der Waals surface area contributed by atoms with E-state index in [4.69, 9.17) is 0 Å². The molecule has 5 rings (SSSR count). The second-order valence-corrected chi connectivity index (χ2v) is 10.7. The second kappa shape index (κ2) is 7.03. The molecule has 1 aliphatic heterocycles. The highest BCUT2D eigenvalue weighted by molar-refractivity contribution is 7.89. The molecule has 0 aliphatic carbocycles. The average molecular weight is 511 g/mol. The van der Waals surface area contributed by atoms with Gasteiger partial charge in [0.15, 0.2) is 11.6 Å². The van der Waals surface area contributed by atoms with Gasteiger partial charge in [-0.3, -0.25) is 4.57 Å². The normalized spacial score (nSPS) is 15.1. The zero-order valence-electron chi connectivity index (χ0n) is 18.8. The summed E-state index contributed by atoms with van der Waals surface area (Å²) >= 11 is 0. The van der Waals surface area contributed by atoms with E-state index >= 15 is 8.78 Å². The van der Waals surface area contributed by atoms with Crippen LogP contribution in [0.5, 0.6) is 0 Å². The van der Waals surface area contributed by atoms with Crippen LogP contribution in [0.3, 0.4) is 0 Å². The van der Waals surface area contributed by atoms with Crippen molar-refractivity contribution in [2.45, 2.75) is 32.5 Å². The Kier molecular flexibility index (Phi) is 4.67. The zero-order chi connectivity index (χ0) is 25.7. The van der Waals surface area contributed by atoms with Crippen LogP contribution in [0.4, 0.5) is 27.6 Å². The lowest BCUT2D eigenvalue weighted by molar-refractivity contribution is -0.141. The van der Waals surface area contributed by atoms with E-state index in [1.807, 2.05) is 0 Å². The molecule has 0 fully saturated rings. The van der Waals surface area contributed by atoms with Gasteiger partial charge in [0.2, 0.25) is 10.0 Å². The van der Waals surface area contributed by atoms with Gasteiger partial charge >= 0.3 is 6.18 Å². The maximum atomic E-state index is 16.1. The van der Waals surface area contributed by atoms with Gasteiger partial charge in [0.05, 0.1) is 28.6 Å². The summed E-state index contributed by atoms with van der Waals surface area (Å²) in [4.78, 5) is 0. The highest BCUT2D eigenvalue weighted by Gasteiger charge is 2.40. The Hall–Kier alpha value is -3.48. The number of nitrogens with one attached hydrogen (secondary N) is 1. The SMILES string of the molecule is Cc1nnc2n1-c1c(cc(F)c(-c3cccc4c3cc(C(F)(F)F)n4S(C)(=O)=O)c1F)NC2(C)C. The Morgan fingerprint density at radius 3 is 2.40 bits per heavy atom. The van der Waals surface area contributed by atoms with Crippen molar-refractivity contribution < 1.29 is 30.4 Å². The van der Waals surface area contributed by atoms with Crippen molar-refractivity contribution in [1.29, 1.82) is 0 Å². The van der Waals surface area contributed by atoms with E-state index in [0.29, 0.717) is 24.0 Å². The molecule has 0 radical (unpaired) electrons. The summed E-state index contributed by atoms with van der Waals surface area (Å²) < 4.78 is 98.7. The third-order valence-corrected chi connectivity index (χ3v) is 7.00. The molecule has 0 saturated carbocycles. The fourth-order valence-corrected chi connectivity index (χ4v) is 5.61. The van der Waals surface area contributed by atoms with Gasteiger partial charge in [0.25, 0.3) is 0 Å². The number of hydrogen-bond acceptors (Lipinski definition) is 5. The number of benzene rings is 2. The molecule has 1 N–H and O–H groups in total. The number of hydrogen-bond donors (Lipinski definition) is 1. The first-order valence-electron chi connectivity index (χ1n) is 10.3. The van der Waals surface area contributed by atoms with Gasteiger partial charge in [-0.2, -0.15) is 13.2 Å². The third kappa shape index (κ3) is 3.32. The highest BCUT2D eigenvalue weighted by Crippen LogP contribution is 2.45. The van der Waals surface area contributed by atoms with Crippen LogP contribution >= 0.6 is 0 Å². The standard InChI is InChI=1S/C22H18F5N5O2S/c1-10-29-30-20-21(2,3)28-14-9-13(23)17(18(24)19(14)31(10)20)11-6-5-7-15-12(11)8-16(22(25,26)27)32(15)35(4,33)34/h5-9,28H,1-4H3. The van der Waals surface area contributed by atoms with Crippen molar-refractivity contribution in [1.82, 2.24) is 18.7 Å². The number of aromatic nitrogens is 4. The summed E-state index contributed by atoms with van der Waals surface area (Å²) in [5, 5.41) is 10.8. The van der Waals surface area contributed by atoms with E-state index in [2.05, 4.69) is 15.5 Å². The monoisotopic (exact) mass is 511 g/mol.